The first-order chi connectivity index (χ1) is 18.5. The van der Waals surface area contributed by atoms with Crippen molar-refractivity contribution in [2.24, 2.45) is 10.7 Å². The van der Waals surface area contributed by atoms with Gasteiger partial charge in [-0.15, -0.1) is 11.3 Å². The number of aliphatic imine (C=N–C) groups is 1. The van der Waals surface area contributed by atoms with Gasteiger partial charge in [0.05, 0.1) is 38.9 Å². The second kappa shape index (κ2) is 11.3. The van der Waals surface area contributed by atoms with Crippen LogP contribution in [-0.4, -0.2) is 65.3 Å². The molecule has 0 bridgehead atoms. The maximum absolute atomic E-state index is 15.2. The molecule has 198 valence electrons. The molecule has 38 heavy (non-hydrogen) atoms. The Hall–Kier alpha value is -3.77. The van der Waals surface area contributed by atoms with Crippen molar-refractivity contribution in [3.8, 4) is 5.75 Å². The number of halogens is 3. The fourth-order valence-corrected chi connectivity index (χ4v) is 5.29. The van der Waals surface area contributed by atoms with Crippen LogP contribution in [0.1, 0.15) is 18.4 Å². The molecule has 1 aliphatic rings. The number of nitrogens with two attached hydrogens (primary N) is 1. The Labute approximate surface area is 221 Å². The lowest BCUT2D eigenvalue weighted by molar-refractivity contribution is 0.0483. The minimum Gasteiger partial charge on any atom is -0.489 e. The van der Waals surface area contributed by atoms with Gasteiger partial charge in [0.15, 0.2) is 5.82 Å². The number of benzene rings is 2. The second-order valence-electron chi connectivity index (χ2n) is 8.86. The molecule has 0 saturated carbocycles. The molecule has 5 rings (SSSR count). The summed E-state index contributed by atoms with van der Waals surface area (Å²) in [5, 5.41) is 3.68. The molecule has 1 fully saturated rings. The number of nitrogens with one attached hydrogen (secondary N) is 1. The van der Waals surface area contributed by atoms with Crippen molar-refractivity contribution in [1.29, 1.82) is 0 Å². The molecule has 4 aromatic rings. The van der Waals surface area contributed by atoms with Crippen LogP contribution in [0.15, 0.2) is 47.3 Å². The zero-order valence-electron chi connectivity index (χ0n) is 20.6. The molecule has 2 aromatic heterocycles. The highest BCUT2D eigenvalue weighted by atomic mass is 32.1. The average Bonchev–Trinajstić information content (AvgIpc) is 3.39. The van der Waals surface area contributed by atoms with Gasteiger partial charge in [-0.2, -0.15) is 0 Å². The third kappa shape index (κ3) is 5.41. The molecule has 12 heteroatoms. The predicted molar refractivity (Wildman–Crippen MR) is 145 cm³/mol. The smallest absolute Gasteiger partial charge is 0.251 e. The van der Waals surface area contributed by atoms with Crippen molar-refractivity contribution in [1.82, 2.24) is 19.9 Å². The topological polar surface area (TPSA) is 102 Å². The van der Waals surface area contributed by atoms with Crippen molar-refractivity contribution in [3.05, 3.63) is 53.7 Å². The van der Waals surface area contributed by atoms with Gasteiger partial charge in [0.2, 0.25) is 0 Å². The van der Waals surface area contributed by atoms with E-state index in [-0.39, 0.29) is 18.3 Å². The summed E-state index contributed by atoms with van der Waals surface area (Å²) in [6.45, 7) is 0.763. The zero-order chi connectivity index (χ0) is 26.6. The summed E-state index contributed by atoms with van der Waals surface area (Å²) in [4.78, 5) is 18.8. The molecule has 8 nitrogen and oxygen atoms in total. The lowest BCUT2D eigenvalue weighted by Gasteiger charge is -2.32. The fourth-order valence-electron chi connectivity index (χ4n) is 4.57. The number of aromatic nitrogens is 3. The first kappa shape index (κ1) is 25.9. The van der Waals surface area contributed by atoms with E-state index in [4.69, 9.17) is 10.5 Å². The predicted octanol–water partition coefficient (Wildman–Crippen LogP) is 5.23. The maximum atomic E-state index is 15.2. The Balaban J connectivity index is 1.54. The number of thiazole rings is 1. The van der Waals surface area contributed by atoms with Gasteiger partial charge in [0.1, 0.15) is 24.0 Å². The number of rotatable bonds is 8. The maximum Gasteiger partial charge on any atom is 0.251 e. The van der Waals surface area contributed by atoms with Crippen LogP contribution in [-0.2, 0) is 0 Å². The van der Waals surface area contributed by atoms with Crippen molar-refractivity contribution in [3.63, 3.8) is 0 Å². The van der Waals surface area contributed by atoms with Gasteiger partial charge in [-0.05, 0) is 42.7 Å². The van der Waals surface area contributed by atoms with E-state index in [1.54, 1.807) is 35.8 Å². The molecule has 0 unspecified atom stereocenters. The molecular weight excluding hydrogens is 515 g/mol. The highest BCUT2D eigenvalue weighted by Crippen LogP contribution is 2.37. The SMILES string of the molecule is CN=C/C(=C\N)c1cc(OC2CCN(CC(F)F)CC2)c2c(Nc3ccc4ncsc4c3F)ncnc2c1. The van der Waals surface area contributed by atoms with Crippen LogP contribution in [0.2, 0.25) is 0 Å². The summed E-state index contributed by atoms with van der Waals surface area (Å²) in [6, 6.07) is 7.02. The van der Waals surface area contributed by atoms with Gasteiger partial charge >= 0.3 is 0 Å². The third-order valence-corrected chi connectivity index (χ3v) is 7.23. The van der Waals surface area contributed by atoms with Crippen LogP contribution in [0, 0.1) is 5.82 Å². The van der Waals surface area contributed by atoms with Gasteiger partial charge in [-0.1, -0.05) is 0 Å². The van der Waals surface area contributed by atoms with Crippen molar-refractivity contribution in [2.45, 2.75) is 25.4 Å². The Kier molecular flexibility index (Phi) is 7.70. The third-order valence-electron chi connectivity index (χ3n) is 6.40. The van der Waals surface area contributed by atoms with Crippen LogP contribution in [0.4, 0.5) is 24.7 Å². The summed E-state index contributed by atoms with van der Waals surface area (Å²) in [5.41, 5.74) is 10.2. The minimum absolute atomic E-state index is 0.203. The Morgan fingerprint density at radius 3 is 2.79 bits per heavy atom. The Bertz CT molecular complexity index is 1500. The Morgan fingerprint density at radius 1 is 1.24 bits per heavy atom. The van der Waals surface area contributed by atoms with Gasteiger partial charge < -0.3 is 15.8 Å². The van der Waals surface area contributed by atoms with E-state index in [9.17, 15) is 8.78 Å². The van der Waals surface area contributed by atoms with E-state index in [1.807, 2.05) is 12.1 Å². The van der Waals surface area contributed by atoms with Gasteiger partial charge in [0, 0.05) is 38.1 Å². The zero-order valence-corrected chi connectivity index (χ0v) is 21.4. The van der Waals surface area contributed by atoms with Crippen LogP contribution in [0.3, 0.4) is 0 Å². The molecular formula is C26H26F3N7OS. The minimum atomic E-state index is -2.37. The lowest BCUT2D eigenvalue weighted by atomic mass is 10.0. The molecule has 1 saturated heterocycles. The number of ether oxygens (including phenoxy) is 1. The van der Waals surface area contributed by atoms with E-state index >= 15 is 4.39 Å². The van der Waals surface area contributed by atoms with Gasteiger partial charge in [0.25, 0.3) is 6.43 Å². The molecule has 0 spiro atoms. The first-order valence-corrected chi connectivity index (χ1v) is 12.9. The summed E-state index contributed by atoms with van der Waals surface area (Å²) < 4.78 is 47.8. The van der Waals surface area contributed by atoms with Crippen LogP contribution in [0.5, 0.6) is 5.75 Å². The van der Waals surface area contributed by atoms with E-state index in [2.05, 4.69) is 25.3 Å². The van der Waals surface area contributed by atoms with Crippen LogP contribution in [0.25, 0.3) is 26.7 Å². The monoisotopic (exact) mass is 541 g/mol. The average molecular weight is 542 g/mol. The van der Waals surface area contributed by atoms with Crippen molar-refractivity contribution >= 4 is 55.7 Å². The summed E-state index contributed by atoms with van der Waals surface area (Å²) in [7, 11) is 1.65. The number of nitrogens with zero attached hydrogens (tertiary/aromatic N) is 5. The second-order valence-corrected chi connectivity index (χ2v) is 9.72. The number of piperidine rings is 1. The molecule has 0 atom stereocenters. The fraction of sp³-hybridized carbons (Fsp3) is 0.308. The number of allylic oxidation sites excluding steroid dienone is 1. The molecule has 3 N–H and O–H groups in total. The molecule has 0 amide bonds. The number of alkyl halides is 2. The van der Waals surface area contributed by atoms with Gasteiger partial charge in [-0.3, -0.25) is 9.89 Å². The molecule has 0 aliphatic carbocycles. The Morgan fingerprint density at radius 2 is 2.05 bits per heavy atom. The standard InChI is InChI=1S/C26H26F3N7OS/c1-31-11-16(10-30)15-8-20-23(21(9-15)37-17-4-6-36(7-5-17)12-22(27)28)26(33-13-32-20)35-18-2-3-19-25(24(18)29)38-14-34-19/h2-3,8-11,13-14,17,22H,4-7,12,30H2,1H3,(H,32,33,35)/b16-10+,31-11?. The van der Waals surface area contributed by atoms with E-state index in [0.717, 1.165) is 5.56 Å². The van der Waals surface area contributed by atoms with Gasteiger partial charge in [-0.25, -0.2) is 28.1 Å². The first-order valence-electron chi connectivity index (χ1n) is 12.1. The highest BCUT2D eigenvalue weighted by Gasteiger charge is 2.24. The van der Waals surface area contributed by atoms with Crippen molar-refractivity contribution < 1.29 is 17.9 Å². The van der Waals surface area contributed by atoms with Crippen LogP contribution >= 0.6 is 11.3 Å². The normalized spacial score (nSPS) is 15.8. The van der Waals surface area contributed by atoms with E-state index in [1.165, 1.54) is 23.9 Å². The largest absolute Gasteiger partial charge is 0.489 e. The summed E-state index contributed by atoms with van der Waals surface area (Å²) in [5.74, 6) is 0.433. The lowest BCUT2D eigenvalue weighted by Crippen LogP contribution is -2.40. The molecule has 2 aromatic carbocycles. The summed E-state index contributed by atoms with van der Waals surface area (Å²) >= 11 is 1.22. The molecule has 3 heterocycles. The summed E-state index contributed by atoms with van der Waals surface area (Å²) in [6.07, 6.45) is 3.07. The number of hydrogen-bond acceptors (Lipinski definition) is 9. The van der Waals surface area contributed by atoms with Crippen LogP contribution < -0.4 is 15.8 Å². The number of anilines is 2. The quantitative estimate of drug-likeness (QED) is 0.295. The van der Waals surface area contributed by atoms with E-state index < -0.39 is 12.2 Å². The number of likely N-dealkylation sites (tertiary alicyclic amines) is 1. The number of fused-ring (bicyclic) bond motifs is 2. The number of hydrogen-bond donors (Lipinski definition) is 2. The van der Waals surface area contributed by atoms with E-state index in [0.29, 0.717) is 64.2 Å². The molecule has 1 aliphatic heterocycles. The van der Waals surface area contributed by atoms with Crippen molar-refractivity contribution in [2.75, 3.05) is 32.0 Å². The highest BCUT2D eigenvalue weighted by molar-refractivity contribution is 7.16. The molecule has 0 radical (unpaired) electrons.